The molecule has 0 bridgehead atoms. The van der Waals surface area contributed by atoms with Crippen LogP contribution in [0.1, 0.15) is 0 Å². The third-order valence-corrected chi connectivity index (χ3v) is 4.65. The number of rotatable bonds is 1. The van der Waals surface area contributed by atoms with E-state index in [9.17, 15) is 0 Å². The molecule has 1 aromatic heterocycles. The minimum absolute atomic E-state index is 0.912. The van der Waals surface area contributed by atoms with Crippen LogP contribution < -0.4 is 5.73 Å². The zero-order valence-electron chi connectivity index (χ0n) is 7.00. The molecule has 0 saturated heterocycles. The van der Waals surface area contributed by atoms with Crippen molar-refractivity contribution >= 4 is 61.5 Å². The van der Waals surface area contributed by atoms with Crippen molar-refractivity contribution in [3.05, 3.63) is 21.1 Å². The van der Waals surface area contributed by atoms with Gasteiger partial charge in [0.15, 0.2) is 0 Å². The van der Waals surface area contributed by atoms with Crippen LogP contribution in [-0.2, 0) is 0 Å². The summed E-state index contributed by atoms with van der Waals surface area (Å²) in [7, 11) is 0. The Hall–Kier alpha value is 0.0600. The molecule has 0 fully saturated rings. The van der Waals surface area contributed by atoms with Gasteiger partial charge in [0.2, 0.25) is 0 Å². The van der Waals surface area contributed by atoms with E-state index in [1.165, 1.54) is 15.0 Å². The van der Waals surface area contributed by atoms with Gasteiger partial charge in [-0.2, -0.15) is 0 Å². The summed E-state index contributed by atoms with van der Waals surface area (Å²) < 4.78 is 2.46. The Kier molecular flexibility index (Phi) is 2.71. The van der Waals surface area contributed by atoms with Gasteiger partial charge in [0.25, 0.3) is 0 Å². The lowest BCUT2D eigenvalue weighted by molar-refractivity contribution is 1.55. The molecule has 0 saturated carbocycles. The average molecular weight is 321 g/mol. The molecule has 1 heterocycles. The summed E-state index contributed by atoms with van der Waals surface area (Å²) in [6, 6.07) is 4.25. The van der Waals surface area contributed by atoms with Gasteiger partial charge in [-0.3, -0.25) is 0 Å². The summed E-state index contributed by atoms with van der Waals surface area (Å²) in [5.74, 6) is 0. The SMILES string of the molecule is CSc1cc(I)c(N)c2ccsc12. The summed E-state index contributed by atoms with van der Waals surface area (Å²) in [5.41, 5.74) is 6.89. The van der Waals surface area contributed by atoms with Gasteiger partial charge in [0.05, 0.1) is 5.69 Å². The Morgan fingerprint density at radius 3 is 3.00 bits per heavy atom. The van der Waals surface area contributed by atoms with Crippen LogP contribution in [0.25, 0.3) is 10.1 Å². The Morgan fingerprint density at radius 2 is 2.31 bits per heavy atom. The second-order valence-corrected chi connectivity index (χ2v) is 5.56. The Balaban J connectivity index is 2.87. The Bertz CT molecular complexity index is 450. The van der Waals surface area contributed by atoms with E-state index in [2.05, 4.69) is 46.4 Å². The molecule has 4 heteroatoms. The molecule has 0 aliphatic heterocycles. The van der Waals surface area contributed by atoms with Crippen molar-refractivity contribution in [1.82, 2.24) is 0 Å². The number of hydrogen-bond donors (Lipinski definition) is 1. The minimum atomic E-state index is 0.912. The van der Waals surface area contributed by atoms with Gasteiger partial charge >= 0.3 is 0 Å². The lowest BCUT2D eigenvalue weighted by Gasteiger charge is -2.04. The van der Waals surface area contributed by atoms with Crippen molar-refractivity contribution in [2.45, 2.75) is 4.90 Å². The highest BCUT2D eigenvalue weighted by Crippen LogP contribution is 2.37. The van der Waals surface area contributed by atoms with E-state index in [0.29, 0.717) is 0 Å². The average Bonchev–Trinajstić information content (AvgIpc) is 2.60. The van der Waals surface area contributed by atoms with Gasteiger partial charge in [-0.05, 0) is 46.4 Å². The highest BCUT2D eigenvalue weighted by Gasteiger charge is 2.08. The summed E-state index contributed by atoms with van der Waals surface area (Å²) in [4.78, 5) is 1.32. The van der Waals surface area contributed by atoms with Gasteiger partial charge in [0.1, 0.15) is 0 Å². The van der Waals surface area contributed by atoms with E-state index in [-0.39, 0.29) is 0 Å². The highest BCUT2D eigenvalue weighted by atomic mass is 127. The Morgan fingerprint density at radius 1 is 1.54 bits per heavy atom. The molecule has 0 spiro atoms. The molecule has 2 rings (SSSR count). The normalized spacial score (nSPS) is 10.9. The molecule has 1 nitrogen and oxygen atoms in total. The highest BCUT2D eigenvalue weighted by molar-refractivity contribution is 14.1. The number of anilines is 1. The molecule has 2 aromatic rings. The largest absolute Gasteiger partial charge is 0.397 e. The first kappa shape index (κ1) is 9.61. The van der Waals surface area contributed by atoms with Gasteiger partial charge < -0.3 is 5.73 Å². The van der Waals surface area contributed by atoms with Crippen LogP contribution in [0.15, 0.2) is 22.4 Å². The summed E-state index contributed by atoms with van der Waals surface area (Å²) >= 11 is 5.82. The van der Waals surface area contributed by atoms with Crippen molar-refractivity contribution in [1.29, 1.82) is 0 Å². The predicted octanol–water partition coefficient (Wildman–Crippen LogP) is 3.81. The van der Waals surface area contributed by atoms with E-state index in [0.717, 1.165) is 9.26 Å². The molecule has 2 N–H and O–H groups in total. The number of fused-ring (bicyclic) bond motifs is 1. The standard InChI is InChI=1S/C9H8INS2/c1-12-7-4-6(10)8(11)5-2-3-13-9(5)7/h2-4H,11H2,1H3. The third kappa shape index (κ3) is 1.55. The monoisotopic (exact) mass is 321 g/mol. The first-order valence-electron chi connectivity index (χ1n) is 3.73. The molecule has 1 aromatic carbocycles. The third-order valence-electron chi connectivity index (χ3n) is 1.91. The summed E-state index contributed by atoms with van der Waals surface area (Å²) in [5, 5.41) is 3.29. The maximum absolute atomic E-state index is 5.98. The lowest BCUT2D eigenvalue weighted by Crippen LogP contribution is -1.90. The molecule has 68 valence electrons. The van der Waals surface area contributed by atoms with Crippen LogP contribution in [0.2, 0.25) is 0 Å². The zero-order valence-corrected chi connectivity index (χ0v) is 10.8. The molecule has 0 aliphatic carbocycles. The number of halogens is 1. The number of thiophene rings is 1. The molecule has 0 unspecified atom stereocenters. The number of nitrogens with two attached hydrogens (primary N) is 1. The first-order chi connectivity index (χ1) is 6.24. The summed E-state index contributed by atoms with van der Waals surface area (Å²) in [6.45, 7) is 0. The molecule has 13 heavy (non-hydrogen) atoms. The van der Waals surface area contributed by atoms with Crippen LogP contribution in [0.3, 0.4) is 0 Å². The topological polar surface area (TPSA) is 26.0 Å². The van der Waals surface area contributed by atoms with E-state index < -0.39 is 0 Å². The molecule has 0 atom stereocenters. The van der Waals surface area contributed by atoms with Crippen LogP contribution in [-0.4, -0.2) is 6.26 Å². The van der Waals surface area contributed by atoms with Crippen molar-refractivity contribution < 1.29 is 0 Å². The molecule has 0 radical (unpaired) electrons. The van der Waals surface area contributed by atoms with Crippen LogP contribution in [0.5, 0.6) is 0 Å². The van der Waals surface area contributed by atoms with Crippen molar-refractivity contribution in [3.63, 3.8) is 0 Å². The maximum Gasteiger partial charge on any atom is 0.0538 e. The number of hydrogen-bond acceptors (Lipinski definition) is 3. The second-order valence-electron chi connectivity index (χ2n) is 2.64. The molecule has 0 aliphatic rings. The van der Waals surface area contributed by atoms with Crippen molar-refractivity contribution in [2.24, 2.45) is 0 Å². The fourth-order valence-corrected chi connectivity index (χ4v) is 3.81. The fraction of sp³-hybridized carbons (Fsp3) is 0.111. The van der Waals surface area contributed by atoms with E-state index in [1.54, 1.807) is 23.1 Å². The fourth-order valence-electron chi connectivity index (χ4n) is 1.25. The van der Waals surface area contributed by atoms with E-state index in [4.69, 9.17) is 5.73 Å². The van der Waals surface area contributed by atoms with Crippen LogP contribution in [0, 0.1) is 3.57 Å². The number of thioether (sulfide) groups is 1. The van der Waals surface area contributed by atoms with Gasteiger partial charge in [-0.25, -0.2) is 0 Å². The number of nitrogen functional groups attached to an aromatic ring is 1. The quantitative estimate of drug-likeness (QED) is 0.491. The van der Waals surface area contributed by atoms with Crippen LogP contribution >= 0.6 is 45.7 Å². The van der Waals surface area contributed by atoms with Crippen molar-refractivity contribution in [2.75, 3.05) is 12.0 Å². The van der Waals surface area contributed by atoms with Crippen molar-refractivity contribution in [3.8, 4) is 0 Å². The lowest BCUT2D eigenvalue weighted by atomic mass is 10.2. The zero-order chi connectivity index (χ0) is 9.42. The predicted molar refractivity (Wildman–Crippen MR) is 70.7 cm³/mol. The van der Waals surface area contributed by atoms with E-state index >= 15 is 0 Å². The Labute approximate surface area is 98.8 Å². The molecular formula is C9H8INS2. The first-order valence-corrected chi connectivity index (χ1v) is 6.91. The minimum Gasteiger partial charge on any atom is -0.397 e. The van der Waals surface area contributed by atoms with E-state index in [1.807, 2.05) is 0 Å². The number of benzene rings is 1. The maximum atomic E-state index is 5.98. The molecule has 0 amide bonds. The molecular weight excluding hydrogens is 313 g/mol. The smallest absolute Gasteiger partial charge is 0.0538 e. The van der Waals surface area contributed by atoms with Gasteiger partial charge in [-0.15, -0.1) is 23.1 Å². The van der Waals surface area contributed by atoms with Gasteiger partial charge in [-0.1, -0.05) is 0 Å². The van der Waals surface area contributed by atoms with Crippen LogP contribution in [0.4, 0.5) is 5.69 Å². The summed E-state index contributed by atoms with van der Waals surface area (Å²) in [6.07, 6.45) is 2.10. The van der Waals surface area contributed by atoms with Gasteiger partial charge in [0, 0.05) is 18.6 Å². The second kappa shape index (κ2) is 3.67.